The standard InChI is InChI=1S/C22H14ClF2N3O3S2/c23-12-8-13-14(10-27-22(13)26-9-12)21(29)19-15(24)5-6-16(20(19)25)28-33(30,31)18-7-11-3-1-2-4-17(11)32-18/h1-9,14,28H,10H2,(H,26,27). The summed E-state index contributed by atoms with van der Waals surface area (Å²) in [5.74, 6) is -3.74. The quantitative estimate of drug-likeness (QED) is 0.353. The highest BCUT2D eigenvalue weighted by atomic mass is 35.5. The topological polar surface area (TPSA) is 88.2 Å². The molecule has 2 aromatic heterocycles. The van der Waals surface area contributed by atoms with Gasteiger partial charge in [0.2, 0.25) is 0 Å². The molecule has 2 aromatic carbocycles. The SMILES string of the molecule is O=C(c1c(F)ccc(NS(=O)(=O)c2cc3ccccc3s2)c1F)C1CNc2ncc(Cl)cc21. The summed E-state index contributed by atoms with van der Waals surface area (Å²) < 4.78 is 58.5. The number of carbonyl (C=O) groups excluding carboxylic acids is 1. The second kappa shape index (κ2) is 8.05. The van der Waals surface area contributed by atoms with E-state index >= 15 is 4.39 Å². The number of rotatable bonds is 5. The van der Waals surface area contributed by atoms with Gasteiger partial charge in [-0.3, -0.25) is 9.52 Å². The van der Waals surface area contributed by atoms with Crippen molar-refractivity contribution in [3.05, 3.63) is 82.5 Å². The zero-order chi connectivity index (χ0) is 23.3. The maximum Gasteiger partial charge on any atom is 0.271 e. The lowest BCUT2D eigenvalue weighted by molar-refractivity contribution is 0.0958. The molecule has 5 rings (SSSR count). The second-order valence-electron chi connectivity index (χ2n) is 7.38. The van der Waals surface area contributed by atoms with Gasteiger partial charge < -0.3 is 5.32 Å². The van der Waals surface area contributed by atoms with Gasteiger partial charge in [0.25, 0.3) is 10.0 Å². The fraction of sp³-hybridized carbons (Fsp3) is 0.0909. The smallest absolute Gasteiger partial charge is 0.271 e. The average Bonchev–Trinajstić information content (AvgIpc) is 3.40. The third-order valence-electron chi connectivity index (χ3n) is 5.30. The minimum absolute atomic E-state index is 0.0325. The fourth-order valence-corrected chi connectivity index (χ4v) is 6.35. The van der Waals surface area contributed by atoms with Crippen molar-refractivity contribution in [1.82, 2.24) is 4.98 Å². The number of hydrogen-bond acceptors (Lipinski definition) is 6. The van der Waals surface area contributed by atoms with E-state index in [1.807, 2.05) is 0 Å². The molecule has 2 N–H and O–H groups in total. The molecule has 0 saturated heterocycles. The molecule has 1 unspecified atom stereocenters. The van der Waals surface area contributed by atoms with Crippen LogP contribution < -0.4 is 10.0 Å². The Morgan fingerprint density at radius 1 is 1.18 bits per heavy atom. The van der Waals surface area contributed by atoms with Crippen LogP contribution in [0, 0.1) is 11.6 Å². The first-order chi connectivity index (χ1) is 15.7. The van der Waals surface area contributed by atoms with E-state index in [0.29, 0.717) is 11.4 Å². The minimum Gasteiger partial charge on any atom is -0.369 e. The highest BCUT2D eigenvalue weighted by molar-refractivity contribution is 7.94. The lowest BCUT2D eigenvalue weighted by atomic mass is 9.92. The Morgan fingerprint density at radius 2 is 1.97 bits per heavy atom. The van der Waals surface area contributed by atoms with Gasteiger partial charge in [0.05, 0.1) is 22.2 Å². The third kappa shape index (κ3) is 3.84. The number of aromatic nitrogens is 1. The number of anilines is 2. The number of nitrogens with one attached hydrogen (secondary N) is 2. The summed E-state index contributed by atoms with van der Waals surface area (Å²) in [5, 5.41) is 3.91. The first-order valence-corrected chi connectivity index (χ1v) is 12.4. The van der Waals surface area contributed by atoms with Gasteiger partial charge in [-0.25, -0.2) is 22.2 Å². The Hall–Kier alpha value is -3.08. The zero-order valence-electron chi connectivity index (χ0n) is 16.6. The molecule has 0 aliphatic carbocycles. The summed E-state index contributed by atoms with van der Waals surface area (Å²) in [6.45, 7) is 0.0815. The van der Waals surface area contributed by atoms with E-state index in [0.717, 1.165) is 33.6 Å². The van der Waals surface area contributed by atoms with Crippen LogP contribution in [0.5, 0.6) is 0 Å². The molecule has 0 bridgehead atoms. The molecule has 0 saturated carbocycles. The van der Waals surface area contributed by atoms with Crippen molar-refractivity contribution in [1.29, 1.82) is 0 Å². The number of fused-ring (bicyclic) bond motifs is 2. The van der Waals surface area contributed by atoms with Crippen molar-refractivity contribution in [2.24, 2.45) is 0 Å². The number of nitrogens with zero attached hydrogens (tertiary/aromatic N) is 1. The molecule has 6 nitrogen and oxygen atoms in total. The van der Waals surface area contributed by atoms with Gasteiger partial charge in [0, 0.05) is 23.0 Å². The third-order valence-corrected chi connectivity index (χ3v) is 8.46. The van der Waals surface area contributed by atoms with Crippen LogP contribution in [0.25, 0.3) is 10.1 Å². The van der Waals surface area contributed by atoms with Gasteiger partial charge in [-0.05, 0) is 35.7 Å². The monoisotopic (exact) mass is 505 g/mol. The number of halogens is 3. The number of benzene rings is 2. The van der Waals surface area contributed by atoms with Crippen LogP contribution in [0.4, 0.5) is 20.3 Å². The normalized spacial score (nSPS) is 15.3. The molecule has 4 aromatic rings. The molecule has 0 amide bonds. The van der Waals surface area contributed by atoms with E-state index in [2.05, 4.69) is 15.0 Å². The van der Waals surface area contributed by atoms with Gasteiger partial charge in [0.15, 0.2) is 11.6 Å². The number of ketones is 1. The van der Waals surface area contributed by atoms with Crippen molar-refractivity contribution in [3.8, 4) is 0 Å². The number of hydrogen-bond donors (Lipinski definition) is 2. The summed E-state index contributed by atoms with van der Waals surface area (Å²) in [4.78, 5) is 17.2. The number of sulfonamides is 1. The molecule has 0 fully saturated rings. The highest BCUT2D eigenvalue weighted by Gasteiger charge is 2.34. The summed E-state index contributed by atoms with van der Waals surface area (Å²) in [7, 11) is -4.17. The lowest BCUT2D eigenvalue weighted by Gasteiger charge is -2.14. The zero-order valence-corrected chi connectivity index (χ0v) is 19.0. The molecule has 1 aliphatic heterocycles. The van der Waals surface area contributed by atoms with E-state index in [4.69, 9.17) is 11.6 Å². The molecular formula is C22H14ClF2N3O3S2. The first-order valence-electron chi connectivity index (χ1n) is 9.67. The van der Waals surface area contributed by atoms with Crippen LogP contribution in [0.1, 0.15) is 21.8 Å². The van der Waals surface area contributed by atoms with E-state index in [-0.39, 0.29) is 15.8 Å². The summed E-state index contributed by atoms with van der Waals surface area (Å²) in [6, 6.07) is 11.9. The van der Waals surface area contributed by atoms with Crippen LogP contribution in [0.3, 0.4) is 0 Å². The van der Waals surface area contributed by atoms with Gasteiger partial charge in [-0.2, -0.15) is 0 Å². The largest absolute Gasteiger partial charge is 0.369 e. The van der Waals surface area contributed by atoms with Gasteiger partial charge in [0.1, 0.15) is 15.8 Å². The summed E-state index contributed by atoms with van der Waals surface area (Å²) >= 11 is 6.98. The number of pyridine rings is 1. The van der Waals surface area contributed by atoms with Crippen LogP contribution in [0.2, 0.25) is 5.02 Å². The maximum atomic E-state index is 15.3. The van der Waals surface area contributed by atoms with Crippen molar-refractivity contribution in [2.45, 2.75) is 10.1 Å². The fourth-order valence-electron chi connectivity index (χ4n) is 3.73. The molecule has 11 heteroatoms. The van der Waals surface area contributed by atoms with E-state index in [1.165, 1.54) is 18.3 Å². The predicted octanol–water partition coefficient (Wildman–Crippen LogP) is 5.42. The number of Topliss-reactive ketones (excluding diaryl/α,β-unsaturated/α-hetero) is 1. The maximum absolute atomic E-state index is 15.3. The molecule has 1 atom stereocenters. The molecule has 1 aliphatic rings. The van der Waals surface area contributed by atoms with Crippen molar-refractivity contribution < 1.29 is 22.0 Å². The Balaban J connectivity index is 1.50. The minimum atomic E-state index is -4.17. The number of carbonyl (C=O) groups is 1. The van der Waals surface area contributed by atoms with E-state index in [9.17, 15) is 17.6 Å². The second-order valence-corrected chi connectivity index (χ2v) is 10.8. The molecule has 168 valence electrons. The van der Waals surface area contributed by atoms with Crippen LogP contribution in [-0.4, -0.2) is 25.7 Å². The Morgan fingerprint density at radius 3 is 2.76 bits per heavy atom. The van der Waals surface area contributed by atoms with Gasteiger partial charge in [-0.15, -0.1) is 11.3 Å². The van der Waals surface area contributed by atoms with E-state index in [1.54, 1.807) is 24.3 Å². The molecule has 0 spiro atoms. The molecule has 33 heavy (non-hydrogen) atoms. The molecule has 3 heterocycles. The van der Waals surface area contributed by atoms with Crippen LogP contribution in [-0.2, 0) is 10.0 Å². The van der Waals surface area contributed by atoms with Gasteiger partial charge in [-0.1, -0.05) is 29.8 Å². The average molecular weight is 506 g/mol. The van der Waals surface area contributed by atoms with Crippen LogP contribution in [0.15, 0.2) is 58.9 Å². The van der Waals surface area contributed by atoms with Crippen molar-refractivity contribution in [3.63, 3.8) is 0 Å². The predicted molar refractivity (Wildman–Crippen MR) is 124 cm³/mol. The first kappa shape index (κ1) is 21.7. The van der Waals surface area contributed by atoms with E-state index < -0.39 is 44.6 Å². The molecule has 0 radical (unpaired) electrons. The Kier molecular flexibility index (Phi) is 5.31. The van der Waals surface area contributed by atoms with Gasteiger partial charge >= 0.3 is 0 Å². The number of thiophene rings is 1. The lowest BCUT2D eigenvalue weighted by Crippen LogP contribution is -2.20. The van der Waals surface area contributed by atoms with Crippen molar-refractivity contribution in [2.75, 3.05) is 16.6 Å². The highest BCUT2D eigenvalue weighted by Crippen LogP contribution is 2.36. The summed E-state index contributed by atoms with van der Waals surface area (Å²) in [5.41, 5.74) is -0.929. The summed E-state index contributed by atoms with van der Waals surface area (Å²) in [6.07, 6.45) is 1.39. The Labute approximate surface area is 196 Å². The Bertz CT molecular complexity index is 1510. The molecular weight excluding hydrogens is 492 g/mol. The van der Waals surface area contributed by atoms with Crippen molar-refractivity contribution >= 4 is 60.3 Å². The van der Waals surface area contributed by atoms with Crippen LogP contribution >= 0.6 is 22.9 Å².